The van der Waals surface area contributed by atoms with Crippen molar-refractivity contribution < 1.29 is 0 Å². The Morgan fingerprint density at radius 3 is 2.86 bits per heavy atom. The number of nitrogens with two attached hydrogens (primary N) is 1. The Bertz CT molecular complexity index is 443. The van der Waals surface area contributed by atoms with Gasteiger partial charge in [0.25, 0.3) is 0 Å². The van der Waals surface area contributed by atoms with Crippen LogP contribution in [-0.4, -0.2) is 10.2 Å². The second kappa shape index (κ2) is 3.42. The molecule has 14 heavy (non-hydrogen) atoms. The minimum atomic E-state index is 0.466. The van der Waals surface area contributed by atoms with Gasteiger partial charge in [0.05, 0.1) is 5.52 Å². The lowest BCUT2D eigenvalue weighted by Crippen LogP contribution is -1.96. The Labute approximate surface area is 83.3 Å². The second-order valence-corrected chi connectivity index (χ2v) is 3.81. The monoisotopic (exact) mass is 189 g/mol. The van der Waals surface area contributed by atoms with Crippen LogP contribution in [0.15, 0.2) is 18.2 Å². The van der Waals surface area contributed by atoms with Crippen LogP contribution in [0.4, 0.5) is 0 Å². The lowest BCUT2D eigenvalue weighted by atomic mass is 10.0. The zero-order valence-corrected chi connectivity index (χ0v) is 8.54. The number of para-hydroxylation sites is 1. The van der Waals surface area contributed by atoms with Crippen LogP contribution in [0.2, 0.25) is 0 Å². The smallest absolute Gasteiger partial charge is 0.0968 e. The van der Waals surface area contributed by atoms with Gasteiger partial charge in [0, 0.05) is 17.6 Å². The molecular formula is C11H15N3. The molecule has 0 saturated heterocycles. The number of hydrogen-bond acceptors (Lipinski definition) is 2. The molecule has 0 bridgehead atoms. The average Bonchev–Trinajstić information content (AvgIpc) is 2.60. The molecule has 0 aliphatic heterocycles. The highest BCUT2D eigenvalue weighted by atomic mass is 15.1. The van der Waals surface area contributed by atoms with Crippen molar-refractivity contribution in [2.75, 3.05) is 0 Å². The Morgan fingerprint density at radius 2 is 2.21 bits per heavy atom. The third-order valence-corrected chi connectivity index (χ3v) is 2.50. The highest BCUT2D eigenvalue weighted by Crippen LogP contribution is 2.24. The summed E-state index contributed by atoms with van der Waals surface area (Å²) >= 11 is 0. The Kier molecular flexibility index (Phi) is 2.25. The van der Waals surface area contributed by atoms with Gasteiger partial charge < -0.3 is 5.73 Å². The molecule has 0 saturated carbocycles. The minimum absolute atomic E-state index is 0.466. The number of aromatic amines is 1. The van der Waals surface area contributed by atoms with Crippen molar-refractivity contribution in [1.82, 2.24) is 10.2 Å². The Balaban J connectivity index is 2.69. The van der Waals surface area contributed by atoms with Crippen LogP contribution in [0.25, 0.3) is 10.9 Å². The van der Waals surface area contributed by atoms with E-state index in [0.29, 0.717) is 12.5 Å². The third-order valence-electron chi connectivity index (χ3n) is 2.50. The molecular weight excluding hydrogens is 174 g/mol. The quantitative estimate of drug-likeness (QED) is 0.760. The van der Waals surface area contributed by atoms with E-state index in [1.807, 2.05) is 12.1 Å². The minimum Gasteiger partial charge on any atom is -0.326 e. The summed E-state index contributed by atoms with van der Waals surface area (Å²) in [6.45, 7) is 4.85. The van der Waals surface area contributed by atoms with Crippen molar-refractivity contribution in [2.24, 2.45) is 5.73 Å². The molecule has 74 valence electrons. The molecule has 1 heterocycles. The summed E-state index contributed by atoms with van der Waals surface area (Å²) in [7, 11) is 0. The summed E-state index contributed by atoms with van der Waals surface area (Å²) < 4.78 is 0. The first kappa shape index (κ1) is 9.21. The first-order valence-electron chi connectivity index (χ1n) is 4.90. The maximum atomic E-state index is 5.65. The predicted octanol–water partition coefficient (Wildman–Crippen LogP) is 2.15. The molecule has 1 aromatic heterocycles. The number of nitrogens with one attached hydrogen (secondary N) is 1. The van der Waals surface area contributed by atoms with E-state index in [2.05, 4.69) is 30.1 Å². The zero-order chi connectivity index (χ0) is 10.1. The van der Waals surface area contributed by atoms with Crippen LogP contribution < -0.4 is 5.73 Å². The maximum Gasteiger partial charge on any atom is 0.0968 e. The first-order chi connectivity index (χ1) is 6.74. The lowest BCUT2D eigenvalue weighted by molar-refractivity contribution is 0.817. The summed E-state index contributed by atoms with van der Waals surface area (Å²) in [6.07, 6.45) is 0. The molecule has 0 amide bonds. The van der Waals surface area contributed by atoms with Crippen molar-refractivity contribution >= 4 is 10.9 Å². The van der Waals surface area contributed by atoms with E-state index < -0.39 is 0 Å². The number of aromatic nitrogens is 2. The van der Waals surface area contributed by atoms with Crippen molar-refractivity contribution in [2.45, 2.75) is 26.3 Å². The van der Waals surface area contributed by atoms with Gasteiger partial charge in [-0.1, -0.05) is 32.0 Å². The average molecular weight is 189 g/mol. The topological polar surface area (TPSA) is 54.7 Å². The fourth-order valence-corrected chi connectivity index (χ4v) is 1.72. The van der Waals surface area contributed by atoms with E-state index in [9.17, 15) is 0 Å². The Hall–Kier alpha value is -1.35. The second-order valence-electron chi connectivity index (χ2n) is 3.81. The molecule has 0 spiro atoms. The van der Waals surface area contributed by atoms with Gasteiger partial charge in [-0.15, -0.1) is 0 Å². The van der Waals surface area contributed by atoms with Crippen LogP contribution >= 0.6 is 0 Å². The fraction of sp³-hybridized carbons (Fsp3) is 0.364. The SMILES string of the molecule is CC(C)c1[nH]nc2c(CN)cccc12. The van der Waals surface area contributed by atoms with Gasteiger partial charge >= 0.3 is 0 Å². The zero-order valence-electron chi connectivity index (χ0n) is 8.54. The molecule has 0 aliphatic rings. The molecule has 3 nitrogen and oxygen atoms in total. The maximum absolute atomic E-state index is 5.65. The standard InChI is InChI=1S/C11H15N3/c1-7(2)10-9-5-3-4-8(6-12)11(9)14-13-10/h3-5,7H,6,12H2,1-2H3,(H,13,14). The van der Waals surface area contributed by atoms with E-state index in [4.69, 9.17) is 5.73 Å². The summed E-state index contributed by atoms with van der Waals surface area (Å²) in [4.78, 5) is 0. The van der Waals surface area contributed by atoms with Gasteiger partial charge in [0.1, 0.15) is 0 Å². The molecule has 0 radical (unpaired) electrons. The van der Waals surface area contributed by atoms with E-state index in [1.54, 1.807) is 0 Å². The molecule has 0 aliphatic carbocycles. The number of hydrogen-bond donors (Lipinski definition) is 2. The molecule has 3 N–H and O–H groups in total. The van der Waals surface area contributed by atoms with Crippen molar-refractivity contribution in [3.8, 4) is 0 Å². The molecule has 1 aromatic carbocycles. The summed E-state index contributed by atoms with van der Waals surface area (Å²) in [6, 6.07) is 6.15. The number of rotatable bonds is 2. The van der Waals surface area contributed by atoms with E-state index in [0.717, 1.165) is 11.1 Å². The summed E-state index contributed by atoms with van der Waals surface area (Å²) in [5.74, 6) is 0.466. The van der Waals surface area contributed by atoms with E-state index in [-0.39, 0.29) is 0 Å². The van der Waals surface area contributed by atoms with Gasteiger partial charge in [-0.05, 0) is 11.5 Å². The van der Waals surface area contributed by atoms with Gasteiger partial charge in [-0.25, -0.2) is 0 Å². The van der Waals surface area contributed by atoms with E-state index >= 15 is 0 Å². The number of H-pyrrole nitrogens is 1. The summed E-state index contributed by atoms with van der Waals surface area (Å²) in [5.41, 5.74) is 8.95. The van der Waals surface area contributed by atoms with Gasteiger partial charge in [-0.2, -0.15) is 5.10 Å². The largest absolute Gasteiger partial charge is 0.326 e. The lowest BCUT2D eigenvalue weighted by Gasteiger charge is -2.01. The van der Waals surface area contributed by atoms with Gasteiger partial charge in [0.2, 0.25) is 0 Å². The van der Waals surface area contributed by atoms with Crippen LogP contribution in [-0.2, 0) is 6.54 Å². The summed E-state index contributed by atoms with van der Waals surface area (Å²) in [5, 5.41) is 8.59. The molecule has 2 rings (SSSR count). The van der Waals surface area contributed by atoms with Crippen LogP contribution in [0.5, 0.6) is 0 Å². The predicted molar refractivity (Wildman–Crippen MR) is 58.1 cm³/mol. The number of fused-ring (bicyclic) bond motifs is 1. The molecule has 0 unspecified atom stereocenters. The molecule has 0 atom stereocenters. The fourth-order valence-electron chi connectivity index (χ4n) is 1.72. The number of nitrogens with zero attached hydrogens (tertiary/aromatic N) is 1. The van der Waals surface area contributed by atoms with Crippen LogP contribution in [0, 0.1) is 0 Å². The van der Waals surface area contributed by atoms with Crippen molar-refractivity contribution in [3.63, 3.8) is 0 Å². The Morgan fingerprint density at radius 1 is 1.43 bits per heavy atom. The highest BCUT2D eigenvalue weighted by molar-refractivity contribution is 5.84. The molecule has 3 heteroatoms. The van der Waals surface area contributed by atoms with E-state index in [1.165, 1.54) is 11.1 Å². The molecule has 0 fully saturated rings. The normalized spacial score (nSPS) is 11.4. The molecule has 2 aromatic rings. The van der Waals surface area contributed by atoms with Crippen LogP contribution in [0.3, 0.4) is 0 Å². The van der Waals surface area contributed by atoms with Crippen molar-refractivity contribution in [3.05, 3.63) is 29.5 Å². The highest BCUT2D eigenvalue weighted by Gasteiger charge is 2.10. The van der Waals surface area contributed by atoms with Gasteiger partial charge in [-0.3, -0.25) is 5.10 Å². The number of benzene rings is 1. The third kappa shape index (κ3) is 1.30. The van der Waals surface area contributed by atoms with Gasteiger partial charge in [0.15, 0.2) is 0 Å². The van der Waals surface area contributed by atoms with Crippen LogP contribution in [0.1, 0.15) is 31.0 Å². The van der Waals surface area contributed by atoms with Crippen molar-refractivity contribution in [1.29, 1.82) is 0 Å². The first-order valence-corrected chi connectivity index (χ1v) is 4.90.